The monoisotopic (exact) mass is 291 g/mol. The van der Waals surface area contributed by atoms with Crippen LogP contribution in [0.4, 0.5) is 4.39 Å². The van der Waals surface area contributed by atoms with E-state index in [-0.39, 0.29) is 19.1 Å². The van der Waals surface area contributed by atoms with E-state index in [4.69, 9.17) is 10.5 Å². The number of nitrogens with zero attached hydrogens (tertiary/aromatic N) is 2. The van der Waals surface area contributed by atoms with E-state index in [9.17, 15) is 9.18 Å². The normalized spacial score (nSPS) is 18.7. The van der Waals surface area contributed by atoms with Gasteiger partial charge in [-0.1, -0.05) is 0 Å². The van der Waals surface area contributed by atoms with Crippen LogP contribution in [0.3, 0.4) is 0 Å². The van der Waals surface area contributed by atoms with E-state index in [2.05, 4.69) is 4.98 Å². The molecule has 2 aliphatic rings. The van der Waals surface area contributed by atoms with Crippen molar-refractivity contribution in [1.82, 2.24) is 9.88 Å². The third-order valence-electron chi connectivity index (χ3n) is 3.84. The summed E-state index contributed by atoms with van der Waals surface area (Å²) in [7, 11) is 0. The average Bonchev–Trinajstić information content (AvgIpc) is 3.33. The second-order valence-electron chi connectivity index (χ2n) is 5.38. The number of ether oxygens (including phenoxy) is 1. The van der Waals surface area contributed by atoms with Gasteiger partial charge >= 0.3 is 0 Å². The predicted molar refractivity (Wildman–Crippen MR) is 75.7 cm³/mol. The fourth-order valence-corrected chi connectivity index (χ4v) is 2.47. The number of nitrogens with two attached hydrogens (primary N) is 1. The van der Waals surface area contributed by atoms with Crippen molar-refractivity contribution in [3.05, 3.63) is 35.3 Å². The van der Waals surface area contributed by atoms with Crippen LogP contribution in [-0.2, 0) is 6.42 Å². The van der Waals surface area contributed by atoms with Gasteiger partial charge in [-0.15, -0.1) is 0 Å². The van der Waals surface area contributed by atoms with Crippen molar-refractivity contribution in [2.45, 2.75) is 25.3 Å². The second-order valence-corrected chi connectivity index (χ2v) is 5.38. The van der Waals surface area contributed by atoms with Crippen molar-refractivity contribution < 1.29 is 13.9 Å². The summed E-state index contributed by atoms with van der Waals surface area (Å²) in [4.78, 5) is 18.6. The Morgan fingerprint density at radius 1 is 1.52 bits per heavy atom. The van der Waals surface area contributed by atoms with Gasteiger partial charge in [0.05, 0.1) is 17.6 Å². The number of aromatic nitrogens is 1. The molecular weight excluding hydrogens is 273 g/mol. The molecule has 1 saturated carbocycles. The highest BCUT2D eigenvalue weighted by molar-refractivity contribution is 5.96. The highest BCUT2D eigenvalue weighted by atomic mass is 19.1. The van der Waals surface area contributed by atoms with Gasteiger partial charge in [0.2, 0.25) is 5.88 Å². The Morgan fingerprint density at radius 2 is 2.33 bits per heavy atom. The molecule has 2 heterocycles. The largest absolute Gasteiger partial charge is 0.473 e. The first kappa shape index (κ1) is 14.0. The maximum absolute atomic E-state index is 12.4. The van der Waals surface area contributed by atoms with Gasteiger partial charge in [0, 0.05) is 37.2 Å². The first-order chi connectivity index (χ1) is 10.2. The summed E-state index contributed by atoms with van der Waals surface area (Å²) in [5.41, 5.74) is 7.14. The SMILES string of the molecule is NCC(=CF)COc1ccc2c(n1)CCN(C1CC1)C2=O. The van der Waals surface area contributed by atoms with Crippen LogP contribution in [-0.4, -0.2) is 41.5 Å². The lowest BCUT2D eigenvalue weighted by Gasteiger charge is -2.28. The minimum Gasteiger partial charge on any atom is -0.473 e. The number of rotatable bonds is 5. The molecule has 1 aliphatic heterocycles. The zero-order valence-corrected chi connectivity index (χ0v) is 11.7. The molecule has 1 amide bonds. The van der Waals surface area contributed by atoms with Crippen LogP contribution in [0.25, 0.3) is 0 Å². The summed E-state index contributed by atoms with van der Waals surface area (Å²) >= 11 is 0. The molecule has 0 unspecified atom stereocenters. The maximum Gasteiger partial charge on any atom is 0.255 e. The lowest BCUT2D eigenvalue weighted by atomic mass is 10.0. The fourth-order valence-electron chi connectivity index (χ4n) is 2.47. The first-order valence-corrected chi connectivity index (χ1v) is 7.15. The zero-order chi connectivity index (χ0) is 14.8. The summed E-state index contributed by atoms with van der Waals surface area (Å²) in [5, 5.41) is 0. The van der Waals surface area contributed by atoms with Crippen molar-refractivity contribution in [3.8, 4) is 5.88 Å². The van der Waals surface area contributed by atoms with E-state index in [1.165, 1.54) is 0 Å². The Kier molecular flexibility index (Phi) is 3.88. The first-order valence-electron chi connectivity index (χ1n) is 7.15. The topological polar surface area (TPSA) is 68.5 Å². The van der Waals surface area contributed by atoms with Crippen LogP contribution < -0.4 is 10.5 Å². The number of carbonyl (C=O) groups excluding carboxylic acids is 1. The molecule has 1 aliphatic carbocycles. The molecule has 0 bridgehead atoms. The van der Waals surface area contributed by atoms with Gasteiger partial charge in [0.1, 0.15) is 6.61 Å². The molecule has 6 heteroatoms. The smallest absolute Gasteiger partial charge is 0.255 e. The van der Waals surface area contributed by atoms with Crippen LogP contribution in [0.15, 0.2) is 24.0 Å². The summed E-state index contributed by atoms with van der Waals surface area (Å²) in [5.74, 6) is 0.457. The van der Waals surface area contributed by atoms with Gasteiger partial charge < -0.3 is 15.4 Å². The van der Waals surface area contributed by atoms with Crippen molar-refractivity contribution in [1.29, 1.82) is 0 Å². The molecule has 0 spiro atoms. The third-order valence-corrected chi connectivity index (χ3v) is 3.84. The Balaban J connectivity index is 1.72. The minimum absolute atomic E-state index is 0.0594. The molecule has 21 heavy (non-hydrogen) atoms. The van der Waals surface area contributed by atoms with Gasteiger partial charge in [0.15, 0.2) is 0 Å². The molecule has 112 valence electrons. The average molecular weight is 291 g/mol. The fraction of sp³-hybridized carbons (Fsp3) is 0.467. The Labute approximate surface area is 122 Å². The second kappa shape index (κ2) is 5.81. The molecule has 1 aromatic rings. The van der Waals surface area contributed by atoms with Gasteiger partial charge in [-0.05, 0) is 18.9 Å². The number of hydrogen-bond acceptors (Lipinski definition) is 4. The molecule has 1 fully saturated rings. The van der Waals surface area contributed by atoms with E-state index in [0.29, 0.717) is 35.9 Å². The third kappa shape index (κ3) is 2.90. The molecular formula is C15H18FN3O2. The minimum atomic E-state index is 0.0594. The van der Waals surface area contributed by atoms with E-state index < -0.39 is 0 Å². The van der Waals surface area contributed by atoms with Crippen LogP contribution >= 0.6 is 0 Å². The Bertz CT molecular complexity index is 584. The van der Waals surface area contributed by atoms with Crippen molar-refractivity contribution >= 4 is 5.91 Å². The number of halogens is 1. The molecule has 1 aromatic heterocycles. The molecule has 2 N–H and O–H groups in total. The summed E-state index contributed by atoms with van der Waals surface area (Å²) in [6.07, 6.45) is 3.40. The highest BCUT2D eigenvalue weighted by Gasteiger charge is 2.36. The Hall–Kier alpha value is -1.95. The van der Waals surface area contributed by atoms with Gasteiger partial charge in [-0.2, -0.15) is 0 Å². The van der Waals surface area contributed by atoms with Crippen molar-refractivity contribution in [2.75, 3.05) is 19.7 Å². The number of hydrogen-bond donors (Lipinski definition) is 1. The van der Waals surface area contributed by atoms with Gasteiger partial charge in [-0.3, -0.25) is 4.79 Å². The zero-order valence-electron chi connectivity index (χ0n) is 11.7. The number of amides is 1. The van der Waals surface area contributed by atoms with Crippen molar-refractivity contribution in [3.63, 3.8) is 0 Å². The summed E-state index contributed by atoms with van der Waals surface area (Å²) in [6.45, 7) is 0.891. The highest BCUT2D eigenvalue weighted by Crippen LogP contribution is 2.31. The quantitative estimate of drug-likeness (QED) is 0.891. The van der Waals surface area contributed by atoms with Crippen LogP contribution in [0, 0.1) is 0 Å². The van der Waals surface area contributed by atoms with E-state index in [1.54, 1.807) is 12.1 Å². The molecule has 0 aromatic carbocycles. The summed E-state index contributed by atoms with van der Waals surface area (Å²) in [6, 6.07) is 3.82. The van der Waals surface area contributed by atoms with Crippen LogP contribution in [0.5, 0.6) is 5.88 Å². The molecule has 5 nitrogen and oxygen atoms in total. The lowest BCUT2D eigenvalue weighted by Crippen LogP contribution is -2.39. The van der Waals surface area contributed by atoms with E-state index in [1.807, 2.05) is 4.90 Å². The van der Waals surface area contributed by atoms with Gasteiger partial charge in [0.25, 0.3) is 5.91 Å². The van der Waals surface area contributed by atoms with Crippen LogP contribution in [0.2, 0.25) is 0 Å². The molecule has 0 radical (unpaired) electrons. The molecule has 3 rings (SSSR count). The number of carbonyl (C=O) groups is 1. The van der Waals surface area contributed by atoms with Gasteiger partial charge in [-0.25, -0.2) is 9.37 Å². The van der Waals surface area contributed by atoms with E-state index >= 15 is 0 Å². The maximum atomic E-state index is 12.4. The van der Waals surface area contributed by atoms with E-state index in [0.717, 1.165) is 25.0 Å². The Morgan fingerprint density at radius 3 is 3.00 bits per heavy atom. The standard InChI is InChI=1S/C15H18FN3O2/c16-7-10(8-17)9-21-14-4-3-12-13(18-14)5-6-19(15(12)20)11-1-2-11/h3-4,7,11H,1-2,5-6,8-9,17H2. The lowest BCUT2D eigenvalue weighted by molar-refractivity contribution is 0.0724. The summed E-state index contributed by atoms with van der Waals surface area (Å²) < 4.78 is 17.8. The number of fused-ring (bicyclic) bond motifs is 1. The van der Waals surface area contributed by atoms with Crippen LogP contribution in [0.1, 0.15) is 28.9 Å². The number of pyridine rings is 1. The van der Waals surface area contributed by atoms with Crippen molar-refractivity contribution in [2.24, 2.45) is 5.73 Å². The predicted octanol–water partition coefficient (Wildman–Crippen LogP) is 1.43. The molecule has 0 saturated heterocycles. The molecule has 0 atom stereocenters.